The molecule has 1 rings (SSSR count). The second-order valence-corrected chi connectivity index (χ2v) is 6.37. The number of amides is 1. The van der Waals surface area contributed by atoms with Crippen LogP contribution in [-0.2, 0) is 11.2 Å². The van der Waals surface area contributed by atoms with Crippen LogP contribution in [0.3, 0.4) is 0 Å². The fraction of sp³-hybridized carbons (Fsp3) is 0.650. The first-order valence-corrected chi connectivity index (χ1v) is 9.37. The lowest BCUT2D eigenvalue weighted by Gasteiger charge is -2.17. The average Bonchev–Trinajstić information content (AvgIpc) is 2.56. The van der Waals surface area contributed by atoms with E-state index in [0.29, 0.717) is 6.61 Å². The summed E-state index contributed by atoms with van der Waals surface area (Å²) in [5, 5.41) is 3.02. The van der Waals surface area contributed by atoms with E-state index in [1.807, 2.05) is 39.0 Å². The van der Waals surface area contributed by atoms with Gasteiger partial charge in [0.25, 0.3) is 0 Å². The summed E-state index contributed by atoms with van der Waals surface area (Å²) in [6.07, 6.45) is 5.88. The first-order valence-electron chi connectivity index (χ1n) is 9.37. The molecule has 1 atom stereocenters. The Kier molecular flexibility index (Phi) is 9.46. The van der Waals surface area contributed by atoms with E-state index in [1.165, 1.54) is 6.42 Å². The second kappa shape index (κ2) is 11.1. The largest absolute Gasteiger partial charge is 0.492 e. The fourth-order valence-corrected chi connectivity index (χ4v) is 2.84. The molecule has 1 unspecified atom stereocenters. The van der Waals surface area contributed by atoms with Crippen molar-refractivity contribution in [1.29, 1.82) is 0 Å². The molecule has 0 aliphatic rings. The number of ether oxygens (including phenoxy) is 1. The van der Waals surface area contributed by atoms with Gasteiger partial charge in [-0.25, -0.2) is 0 Å². The van der Waals surface area contributed by atoms with E-state index in [9.17, 15) is 4.79 Å². The van der Waals surface area contributed by atoms with E-state index in [2.05, 4.69) is 12.2 Å². The molecular formula is C20H34N2O2. The molecule has 0 radical (unpaired) electrons. The maximum atomic E-state index is 12.3. The predicted molar refractivity (Wildman–Crippen MR) is 102 cm³/mol. The van der Waals surface area contributed by atoms with E-state index in [-0.39, 0.29) is 17.9 Å². The number of nitrogens with two attached hydrogens (primary N) is 1. The highest BCUT2D eigenvalue weighted by atomic mass is 16.5. The lowest BCUT2D eigenvalue weighted by Crippen LogP contribution is -2.23. The minimum Gasteiger partial charge on any atom is -0.492 e. The number of rotatable bonds is 11. The van der Waals surface area contributed by atoms with E-state index < -0.39 is 0 Å². The molecule has 0 aliphatic carbocycles. The van der Waals surface area contributed by atoms with Crippen LogP contribution >= 0.6 is 0 Å². The van der Waals surface area contributed by atoms with Gasteiger partial charge in [0.15, 0.2) is 0 Å². The van der Waals surface area contributed by atoms with E-state index in [0.717, 1.165) is 49.1 Å². The predicted octanol–water partition coefficient (Wildman–Crippen LogP) is 4.52. The van der Waals surface area contributed by atoms with Crippen molar-refractivity contribution in [2.75, 3.05) is 11.9 Å². The van der Waals surface area contributed by atoms with Crippen LogP contribution in [0.25, 0.3) is 0 Å². The van der Waals surface area contributed by atoms with Crippen molar-refractivity contribution in [3.63, 3.8) is 0 Å². The number of hydrogen-bond donors (Lipinski definition) is 2. The quantitative estimate of drug-likeness (QED) is 0.625. The summed E-state index contributed by atoms with van der Waals surface area (Å²) in [5.74, 6) is 0.840. The van der Waals surface area contributed by atoms with E-state index >= 15 is 0 Å². The minimum atomic E-state index is 0.0432. The van der Waals surface area contributed by atoms with Gasteiger partial charge in [-0.3, -0.25) is 4.79 Å². The van der Waals surface area contributed by atoms with Crippen LogP contribution in [0.2, 0.25) is 0 Å². The molecule has 0 aliphatic heterocycles. The second-order valence-electron chi connectivity index (χ2n) is 6.37. The molecule has 0 saturated heterocycles. The van der Waals surface area contributed by atoms with Crippen molar-refractivity contribution < 1.29 is 9.53 Å². The SMILES string of the molecule is CCCCC(N)Cc1ccc(NC(=O)C(CC)CC)c(OCC)c1. The zero-order valence-electron chi connectivity index (χ0n) is 15.7. The van der Waals surface area contributed by atoms with Crippen molar-refractivity contribution >= 4 is 11.6 Å². The van der Waals surface area contributed by atoms with Crippen molar-refractivity contribution in [3.8, 4) is 5.75 Å². The molecule has 136 valence electrons. The van der Waals surface area contributed by atoms with Gasteiger partial charge in [0.2, 0.25) is 5.91 Å². The van der Waals surface area contributed by atoms with Gasteiger partial charge >= 0.3 is 0 Å². The molecule has 0 spiro atoms. The Morgan fingerprint density at radius 2 is 1.92 bits per heavy atom. The summed E-state index contributed by atoms with van der Waals surface area (Å²) < 4.78 is 5.73. The summed E-state index contributed by atoms with van der Waals surface area (Å²) in [6, 6.07) is 6.16. The summed E-state index contributed by atoms with van der Waals surface area (Å²) in [7, 11) is 0. The summed E-state index contributed by atoms with van der Waals surface area (Å²) in [6.45, 7) is 8.78. The molecule has 3 N–H and O–H groups in total. The topological polar surface area (TPSA) is 64.3 Å². The molecule has 1 amide bonds. The molecule has 0 fully saturated rings. The molecule has 4 heteroatoms. The molecule has 0 aromatic heterocycles. The van der Waals surface area contributed by atoms with Gasteiger partial charge in [0, 0.05) is 12.0 Å². The first kappa shape index (κ1) is 20.5. The number of nitrogens with one attached hydrogen (secondary N) is 1. The lowest BCUT2D eigenvalue weighted by atomic mass is 10.0. The van der Waals surface area contributed by atoms with Gasteiger partial charge in [-0.1, -0.05) is 39.7 Å². The normalized spacial score (nSPS) is 12.2. The van der Waals surface area contributed by atoms with Gasteiger partial charge in [0.1, 0.15) is 5.75 Å². The Labute approximate surface area is 147 Å². The van der Waals surface area contributed by atoms with E-state index in [1.54, 1.807) is 0 Å². The molecule has 4 nitrogen and oxygen atoms in total. The highest BCUT2D eigenvalue weighted by molar-refractivity contribution is 5.93. The maximum absolute atomic E-state index is 12.3. The highest BCUT2D eigenvalue weighted by Crippen LogP contribution is 2.28. The summed E-state index contributed by atoms with van der Waals surface area (Å²) in [5.41, 5.74) is 8.10. The minimum absolute atomic E-state index is 0.0432. The number of anilines is 1. The van der Waals surface area contributed by atoms with Crippen molar-refractivity contribution in [2.45, 2.75) is 72.3 Å². The van der Waals surface area contributed by atoms with Crippen LogP contribution in [0, 0.1) is 5.92 Å². The van der Waals surface area contributed by atoms with Crippen molar-refractivity contribution in [2.24, 2.45) is 11.7 Å². The number of carbonyl (C=O) groups excluding carboxylic acids is 1. The van der Waals surface area contributed by atoms with Gasteiger partial charge in [-0.05, 0) is 50.3 Å². The molecule has 0 saturated carbocycles. The Balaban J connectivity index is 2.84. The Hall–Kier alpha value is -1.55. The van der Waals surface area contributed by atoms with Gasteiger partial charge < -0.3 is 15.8 Å². The number of benzene rings is 1. The molecule has 1 aromatic carbocycles. The zero-order valence-corrected chi connectivity index (χ0v) is 15.7. The van der Waals surface area contributed by atoms with Crippen LogP contribution in [0.5, 0.6) is 5.75 Å². The third kappa shape index (κ3) is 6.52. The number of carbonyl (C=O) groups is 1. The van der Waals surface area contributed by atoms with Crippen LogP contribution < -0.4 is 15.8 Å². The third-order valence-corrected chi connectivity index (χ3v) is 4.39. The smallest absolute Gasteiger partial charge is 0.227 e. The Morgan fingerprint density at radius 3 is 2.50 bits per heavy atom. The molecule has 0 heterocycles. The maximum Gasteiger partial charge on any atom is 0.227 e. The lowest BCUT2D eigenvalue weighted by molar-refractivity contribution is -0.120. The van der Waals surface area contributed by atoms with Crippen LogP contribution in [-0.4, -0.2) is 18.6 Å². The molecule has 1 aromatic rings. The summed E-state index contributed by atoms with van der Waals surface area (Å²) in [4.78, 5) is 12.3. The zero-order chi connectivity index (χ0) is 17.9. The Bertz CT molecular complexity index is 498. The number of hydrogen-bond acceptors (Lipinski definition) is 3. The van der Waals surface area contributed by atoms with Gasteiger partial charge in [-0.2, -0.15) is 0 Å². The molecule has 0 bridgehead atoms. The highest BCUT2D eigenvalue weighted by Gasteiger charge is 2.16. The fourth-order valence-electron chi connectivity index (χ4n) is 2.84. The van der Waals surface area contributed by atoms with Crippen LogP contribution in [0.1, 0.15) is 65.4 Å². The Morgan fingerprint density at radius 1 is 1.21 bits per heavy atom. The average molecular weight is 335 g/mol. The van der Waals surface area contributed by atoms with Crippen molar-refractivity contribution in [3.05, 3.63) is 23.8 Å². The molecule has 24 heavy (non-hydrogen) atoms. The van der Waals surface area contributed by atoms with Crippen LogP contribution in [0.15, 0.2) is 18.2 Å². The third-order valence-electron chi connectivity index (χ3n) is 4.39. The summed E-state index contributed by atoms with van der Waals surface area (Å²) >= 11 is 0. The molecular weight excluding hydrogens is 300 g/mol. The van der Waals surface area contributed by atoms with Gasteiger partial charge in [0.05, 0.1) is 12.3 Å². The monoisotopic (exact) mass is 334 g/mol. The van der Waals surface area contributed by atoms with Gasteiger partial charge in [-0.15, -0.1) is 0 Å². The standard InChI is InChI=1S/C20H34N2O2/c1-5-9-10-17(21)13-15-11-12-18(19(14-15)24-8-4)22-20(23)16(6-2)7-3/h11-12,14,16-17H,5-10,13,21H2,1-4H3,(H,22,23). The first-order chi connectivity index (χ1) is 11.5. The van der Waals surface area contributed by atoms with E-state index in [4.69, 9.17) is 10.5 Å². The number of unbranched alkanes of at least 4 members (excludes halogenated alkanes) is 1. The van der Waals surface area contributed by atoms with Crippen molar-refractivity contribution in [1.82, 2.24) is 0 Å². The van der Waals surface area contributed by atoms with Crippen LogP contribution in [0.4, 0.5) is 5.69 Å².